The summed E-state index contributed by atoms with van der Waals surface area (Å²) < 4.78 is 1.45. The van der Waals surface area contributed by atoms with Gasteiger partial charge >= 0.3 is 0 Å². The summed E-state index contributed by atoms with van der Waals surface area (Å²) in [6, 6.07) is 3.97. The highest BCUT2D eigenvalue weighted by molar-refractivity contribution is 7.18. The van der Waals surface area contributed by atoms with Crippen LogP contribution in [0.15, 0.2) is 34.0 Å². The van der Waals surface area contributed by atoms with Gasteiger partial charge in [-0.05, 0) is 30.7 Å². The number of hydrogen-bond donors (Lipinski definition) is 0. The Morgan fingerprint density at radius 1 is 1.21 bits per heavy atom. The summed E-state index contributed by atoms with van der Waals surface area (Å²) in [5.41, 5.74) is 0.789. The molecule has 1 aliphatic rings. The van der Waals surface area contributed by atoms with E-state index in [2.05, 4.69) is 4.98 Å². The van der Waals surface area contributed by atoms with Crippen molar-refractivity contribution >= 4 is 38.8 Å². The second kappa shape index (κ2) is 6.49. The first-order chi connectivity index (χ1) is 11.7. The lowest BCUT2D eigenvalue weighted by atomic mass is 10.1. The van der Waals surface area contributed by atoms with Crippen LogP contribution in [-0.4, -0.2) is 33.4 Å². The Labute approximate surface area is 147 Å². The summed E-state index contributed by atoms with van der Waals surface area (Å²) in [6.45, 7) is 1.66. The van der Waals surface area contributed by atoms with E-state index >= 15 is 0 Å². The van der Waals surface area contributed by atoms with Gasteiger partial charge in [0, 0.05) is 28.9 Å². The maximum Gasteiger partial charge on any atom is 0.263 e. The molecule has 0 unspecified atom stereocenters. The molecule has 0 spiro atoms. The number of aromatic nitrogens is 2. The van der Waals surface area contributed by atoms with E-state index in [0.717, 1.165) is 41.2 Å². The molecule has 1 fully saturated rings. The van der Waals surface area contributed by atoms with Gasteiger partial charge in [-0.3, -0.25) is 14.2 Å². The number of hydrogen-bond acceptors (Lipinski definition) is 5. The molecular weight excluding hydrogens is 342 g/mol. The third-order valence-electron chi connectivity index (χ3n) is 4.36. The van der Waals surface area contributed by atoms with Crippen molar-refractivity contribution in [2.45, 2.75) is 25.8 Å². The maximum atomic E-state index is 12.9. The molecule has 0 bridgehead atoms. The molecule has 0 radical (unpaired) electrons. The number of carbonyl (C=O) groups is 1. The van der Waals surface area contributed by atoms with E-state index in [0.29, 0.717) is 5.39 Å². The molecule has 0 N–H and O–H groups in total. The molecule has 0 aliphatic carbocycles. The molecule has 3 aromatic heterocycles. The monoisotopic (exact) mass is 359 g/mol. The first-order valence-corrected chi connectivity index (χ1v) is 9.78. The Balaban J connectivity index is 1.69. The molecule has 124 valence electrons. The molecule has 0 atom stereocenters. The molecule has 3 aromatic rings. The van der Waals surface area contributed by atoms with Crippen LogP contribution in [0.3, 0.4) is 0 Å². The minimum absolute atomic E-state index is 0.00542. The SMILES string of the molecule is O=C(Cn1cnc2scc(-c3cccs3)c2c1=O)N1CCCCC1. The third kappa shape index (κ3) is 2.78. The van der Waals surface area contributed by atoms with Crippen molar-refractivity contribution in [3.05, 3.63) is 39.6 Å². The Bertz CT molecular complexity index is 921. The van der Waals surface area contributed by atoms with E-state index in [4.69, 9.17) is 0 Å². The van der Waals surface area contributed by atoms with Crippen LogP contribution in [0.5, 0.6) is 0 Å². The van der Waals surface area contributed by atoms with Gasteiger partial charge in [0.25, 0.3) is 5.56 Å². The number of fused-ring (bicyclic) bond motifs is 1. The number of amides is 1. The zero-order valence-electron chi connectivity index (χ0n) is 13.1. The molecule has 7 heteroatoms. The molecule has 5 nitrogen and oxygen atoms in total. The summed E-state index contributed by atoms with van der Waals surface area (Å²) in [5, 5.41) is 4.59. The van der Waals surface area contributed by atoms with Crippen LogP contribution in [0.4, 0.5) is 0 Å². The predicted octanol–water partition coefficient (Wildman–Crippen LogP) is 3.20. The zero-order chi connectivity index (χ0) is 16.5. The van der Waals surface area contributed by atoms with Crippen molar-refractivity contribution in [2.24, 2.45) is 0 Å². The van der Waals surface area contributed by atoms with Crippen molar-refractivity contribution in [3.8, 4) is 10.4 Å². The Morgan fingerprint density at radius 3 is 2.79 bits per heavy atom. The number of piperidine rings is 1. The molecule has 1 saturated heterocycles. The van der Waals surface area contributed by atoms with E-state index in [9.17, 15) is 9.59 Å². The first kappa shape index (κ1) is 15.5. The quantitative estimate of drug-likeness (QED) is 0.722. The molecule has 0 saturated carbocycles. The van der Waals surface area contributed by atoms with Gasteiger partial charge in [0.15, 0.2) is 0 Å². The van der Waals surface area contributed by atoms with Gasteiger partial charge in [-0.1, -0.05) is 6.07 Å². The highest BCUT2D eigenvalue weighted by Gasteiger charge is 2.19. The normalized spacial score (nSPS) is 15.1. The van der Waals surface area contributed by atoms with Crippen molar-refractivity contribution in [1.82, 2.24) is 14.5 Å². The van der Waals surface area contributed by atoms with Gasteiger partial charge in [-0.25, -0.2) is 4.98 Å². The average molecular weight is 359 g/mol. The summed E-state index contributed by atoms with van der Waals surface area (Å²) in [6.07, 6.45) is 4.77. The molecule has 1 aliphatic heterocycles. The van der Waals surface area contributed by atoms with Gasteiger partial charge in [0.05, 0.1) is 11.7 Å². The van der Waals surface area contributed by atoms with Crippen LogP contribution in [-0.2, 0) is 11.3 Å². The molecule has 0 aromatic carbocycles. The van der Waals surface area contributed by atoms with Gasteiger partial charge in [0.1, 0.15) is 11.4 Å². The van der Waals surface area contributed by atoms with Crippen LogP contribution in [0.2, 0.25) is 0 Å². The number of rotatable bonds is 3. The van der Waals surface area contributed by atoms with Gasteiger partial charge in [-0.15, -0.1) is 22.7 Å². The van der Waals surface area contributed by atoms with E-state index in [1.54, 1.807) is 11.3 Å². The van der Waals surface area contributed by atoms with E-state index in [1.807, 2.05) is 27.8 Å². The number of likely N-dealkylation sites (tertiary alicyclic amines) is 1. The minimum Gasteiger partial charge on any atom is -0.341 e. The smallest absolute Gasteiger partial charge is 0.263 e. The fourth-order valence-electron chi connectivity index (χ4n) is 3.08. The van der Waals surface area contributed by atoms with Crippen LogP contribution >= 0.6 is 22.7 Å². The summed E-state index contributed by atoms with van der Waals surface area (Å²) >= 11 is 3.07. The first-order valence-electron chi connectivity index (χ1n) is 8.02. The van der Waals surface area contributed by atoms with Crippen molar-refractivity contribution in [1.29, 1.82) is 0 Å². The number of thiophene rings is 2. The van der Waals surface area contributed by atoms with Gasteiger partial charge < -0.3 is 4.90 Å². The zero-order valence-corrected chi connectivity index (χ0v) is 14.7. The minimum atomic E-state index is -0.130. The second-order valence-corrected chi connectivity index (χ2v) is 7.73. The Kier molecular flexibility index (Phi) is 4.20. The molecule has 4 heterocycles. The van der Waals surface area contributed by atoms with Crippen LogP contribution in [0.25, 0.3) is 20.7 Å². The van der Waals surface area contributed by atoms with Crippen molar-refractivity contribution in [3.63, 3.8) is 0 Å². The largest absolute Gasteiger partial charge is 0.341 e. The second-order valence-electron chi connectivity index (χ2n) is 5.93. The number of carbonyl (C=O) groups excluding carboxylic acids is 1. The van der Waals surface area contributed by atoms with E-state index in [1.165, 1.54) is 28.7 Å². The molecule has 1 amide bonds. The fourth-order valence-corrected chi connectivity index (χ4v) is 4.80. The van der Waals surface area contributed by atoms with E-state index < -0.39 is 0 Å². The molecular formula is C17H17N3O2S2. The Morgan fingerprint density at radius 2 is 2.04 bits per heavy atom. The Hall–Kier alpha value is -1.99. The van der Waals surface area contributed by atoms with Crippen LogP contribution < -0.4 is 5.56 Å². The summed E-state index contributed by atoms with van der Waals surface area (Å²) in [7, 11) is 0. The lowest BCUT2D eigenvalue weighted by Gasteiger charge is -2.26. The molecule has 4 rings (SSSR count). The molecule has 24 heavy (non-hydrogen) atoms. The lowest BCUT2D eigenvalue weighted by molar-refractivity contribution is -0.132. The van der Waals surface area contributed by atoms with Crippen LogP contribution in [0, 0.1) is 0 Å². The predicted molar refractivity (Wildman–Crippen MR) is 97.6 cm³/mol. The van der Waals surface area contributed by atoms with Crippen molar-refractivity contribution < 1.29 is 4.79 Å². The topological polar surface area (TPSA) is 55.2 Å². The summed E-state index contributed by atoms with van der Waals surface area (Å²) in [5.74, 6) is 0.00542. The standard InChI is InChI=1S/C17H17N3O2S2/c21-14(19-6-2-1-3-7-19)9-20-11-18-16-15(17(20)22)12(10-24-16)13-5-4-8-23-13/h4-5,8,10-11H,1-3,6-7,9H2. The third-order valence-corrected chi connectivity index (χ3v) is 6.15. The number of nitrogens with zero attached hydrogens (tertiary/aromatic N) is 3. The summed E-state index contributed by atoms with van der Waals surface area (Å²) in [4.78, 5) is 33.4. The lowest BCUT2D eigenvalue weighted by Crippen LogP contribution is -2.39. The average Bonchev–Trinajstić information content (AvgIpc) is 3.27. The highest BCUT2D eigenvalue weighted by Crippen LogP contribution is 2.33. The van der Waals surface area contributed by atoms with Gasteiger partial charge in [-0.2, -0.15) is 0 Å². The van der Waals surface area contributed by atoms with Crippen LogP contribution in [0.1, 0.15) is 19.3 Å². The van der Waals surface area contributed by atoms with Crippen molar-refractivity contribution in [2.75, 3.05) is 13.1 Å². The van der Waals surface area contributed by atoms with E-state index in [-0.39, 0.29) is 18.0 Å². The fraction of sp³-hybridized carbons (Fsp3) is 0.353. The maximum absolute atomic E-state index is 12.9. The highest BCUT2D eigenvalue weighted by atomic mass is 32.1. The van der Waals surface area contributed by atoms with Gasteiger partial charge in [0.2, 0.25) is 5.91 Å².